The molecule has 1 saturated heterocycles. The van der Waals surface area contributed by atoms with Crippen molar-refractivity contribution in [2.75, 3.05) is 73.1 Å². The lowest BCUT2D eigenvalue weighted by Crippen LogP contribution is -2.50. The Morgan fingerprint density at radius 3 is 1.56 bits per heavy atom. The molecular weight excluding hydrogens is 1520 g/mol. The zero-order valence-electron chi connectivity index (χ0n) is 60.1. The fourth-order valence-electron chi connectivity index (χ4n) is 9.63. The smallest absolute Gasteiger partial charge is 0.405 e. The van der Waals surface area contributed by atoms with E-state index in [1.54, 1.807) is 72.6 Å². The Balaban J connectivity index is 0.000000518. The fraction of sp³-hybridized carbons (Fsp3) is 0.368. The van der Waals surface area contributed by atoms with E-state index in [4.69, 9.17) is 9.47 Å². The van der Waals surface area contributed by atoms with Gasteiger partial charge in [-0.25, -0.2) is 59.2 Å². The first kappa shape index (κ1) is 86.2. The van der Waals surface area contributed by atoms with Gasteiger partial charge in [0.15, 0.2) is 40.1 Å². The molecule has 9 N–H and O–H groups in total. The highest BCUT2D eigenvalue weighted by molar-refractivity contribution is 7.22. The summed E-state index contributed by atoms with van der Waals surface area (Å²) in [5, 5.41) is 18.8. The summed E-state index contributed by atoms with van der Waals surface area (Å²) in [6, 6.07) is 17.6. The van der Waals surface area contributed by atoms with Crippen LogP contribution in [0.3, 0.4) is 0 Å². The topological polar surface area (TPSA) is 378 Å². The summed E-state index contributed by atoms with van der Waals surface area (Å²) in [7, 11) is 2.95. The van der Waals surface area contributed by atoms with Crippen LogP contribution in [-0.2, 0) is 24.0 Å². The first-order chi connectivity index (χ1) is 52.0. The second kappa shape index (κ2) is 37.4. The molecule has 9 aromatic rings. The molecule has 0 unspecified atom stereocenters. The molecular formula is C68H82F13N21O8S. The fourth-order valence-corrected chi connectivity index (χ4v) is 10.6. The number of nitrogens with one attached hydrogen (secondary N) is 9. The van der Waals surface area contributed by atoms with Gasteiger partial charge in [-0.2, -0.15) is 52.7 Å². The van der Waals surface area contributed by atoms with Crippen molar-refractivity contribution in [3.63, 3.8) is 0 Å². The predicted octanol–water partition coefficient (Wildman–Crippen LogP) is 11.5. The van der Waals surface area contributed by atoms with E-state index < -0.39 is 109 Å². The summed E-state index contributed by atoms with van der Waals surface area (Å²) < 4.78 is 173. The van der Waals surface area contributed by atoms with Crippen LogP contribution >= 0.6 is 11.3 Å². The number of carbonyl (C=O) groups is 5. The van der Waals surface area contributed by atoms with Crippen molar-refractivity contribution in [2.24, 2.45) is 5.92 Å². The molecule has 1 aromatic carbocycles. The van der Waals surface area contributed by atoms with Gasteiger partial charge in [-0.05, 0) is 101 Å². The van der Waals surface area contributed by atoms with Crippen molar-refractivity contribution >= 4 is 79.5 Å². The van der Waals surface area contributed by atoms with E-state index in [0.717, 1.165) is 10.9 Å². The number of amides is 5. The number of hydrogen-bond acceptors (Lipinski definition) is 24. The number of aromatic nitrogens is 12. The number of halogens is 13. The molecule has 1 aliphatic heterocycles. The molecule has 0 radical (unpaired) electrons. The third-order valence-electron chi connectivity index (χ3n) is 15.0. The normalized spacial score (nSPS) is 13.3. The molecule has 0 spiro atoms. The van der Waals surface area contributed by atoms with E-state index in [9.17, 15) is 85.8 Å². The lowest BCUT2D eigenvalue weighted by atomic mass is 10.0. The Morgan fingerprint density at radius 2 is 1.07 bits per heavy atom. The largest absolute Gasteiger partial charge is 0.481 e. The number of fused-ring (bicyclic) bond motifs is 1. The Bertz CT molecular complexity index is 4740. The minimum atomic E-state index is -4.55. The highest BCUT2D eigenvalue weighted by Gasteiger charge is 2.38. The summed E-state index contributed by atoms with van der Waals surface area (Å²) in [6.07, 6.45) is -7.08. The minimum Gasteiger partial charge on any atom is -0.481 e. The summed E-state index contributed by atoms with van der Waals surface area (Å²) in [4.78, 5) is 121. The molecule has 1 aliphatic rings. The van der Waals surface area contributed by atoms with Crippen molar-refractivity contribution in [1.82, 2.24) is 81.1 Å². The van der Waals surface area contributed by atoms with Crippen LogP contribution in [0.4, 0.5) is 85.5 Å². The van der Waals surface area contributed by atoms with Gasteiger partial charge in [-0.15, -0.1) is 0 Å². The summed E-state index contributed by atoms with van der Waals surface area (Å²) in [5.74, 6) is -2.04. The number of ether oxygens (including phenoxy) is 2. The van der Waals surface area contributed by atoms with Crippen molar-refractivity contribution in [2.45, 2.75) is 109 Å². The molecule has 0 aliphatic carbocycles. The lowest BCUT2D eigenvalue weighted by Gasteiger charge is -2.26. The summed E-state index contributed by atoms with van der Waals surface area (Å²) >= 11 is 1.30. The maximum atomic E-state index is 14.1. The van der Waals surface area contributed by atoms with E-state index in [0.29, 0.717) is 87.3 Å². The molecule has 0 saturated carbocycles. The van der Waals surface area contributed by atoms with Crippen LogP contribution < -0.4 is 62.5 Å². The molecule has 1 fully saturated rings. The number of methoxy groups -OCH3 is 2. The van der Waals surface area contributed by atoms with E-state index >= 15 is 0 Å². The van der Waals surface area contributed by atoms with Crippen LogP contribution in [0.1, 0.15) is 68.4 Å². The van der Waals surface area contributed by atoms with Gasteiger partial charge in [0.1, 0.15) is 66.8 Å². The minimum absolute atomic E-state index is 0. The van der Waals surface area contributed by atoms with Crippen LogP contribution in [0, 0.1) is 11.7 Å². The number of rotatable bonds is 23. The average Bonchev–Trinajstić information content (AvgIpc) is 1.49. The Morgan fingerprint density at radius 1 is 0.586 bits per heavy atom. The van der Waals surface area contributed by atoms with Gasteiger partial charge in [-0.1, -0.05) is 25.2 Å². The Labute approximate surface area is 634 Å². The molecule has 10 rings (SSSR count). The summed E-state index contributed by atoms with van der Waals surface area (Å²) in [5.41, 5.74) is 0.137. The second-order valence-corrected chi connectivity index (χ2v) is 26.2. The van der Waals surface area contributed by atoms with Crippen LogP contribution in [-0.4, -0.2) is 184 Å². The number of hydrogen-bond donors (Lipinski definition) is 9. The van der Waals surface area contributed by atoms with Crippen molar-refractivity contribution < 1.29 is 97.7 Å². The standard InChI is InChI=1S/C19H19F3N6O2S.C17H19F4N5O2.C16H16F3N5O2.C16H18F3N5O2.5H2/c1-10(29)25-17-26-12-5-4-11(8-13(12)31-17)15-23-7-6-14(27-15)28-18(2,3)16(30)24-9-19(20,21)22;1-9(2)13(16(27)24-8-17(19,20)21)25-15-11(18)7-23-14(26-15)10-4-5-12(28-3)22-6-10;17-16(18,19)9-22-15(26)11-2-1-7-24(11)12-5-6-20-14(23-12)10-3-4-13(25)21-8-10;1-15(2,14(25)22-9-16(17,18)19)24-11-6-7-20-13(23-11)10-4-5-12(26-3)21-8-10;;;;;/h4-8H,9H2,1-3H3,(H,24,30)(H,23,27,28)(H,25,26,29);4-7,9,13H,8H2,1-3H3,(H,24,27)(H,23,25,26);3-6,8,11H,1-2,7,9H2,(H,21,25)(H,22,26);4-8H,9H2,1-3H3,(H,22,25)(H,20,23,24);5*1H/t;13-;11-;;;;;;/m.11....../s1. The van der Waals surface area contributed by atoms with Crippen molar-refractivity contribution in [3.05, 3.63) is 132 Å². The third-order valence-corrected chi connectivity index (χ3v) is 15.9. The van der Waals surface area contributed by atoms with Gasteiger partial charge in [-0.3, -0.25) is 28.8 Å². The third kappa shape index (κ3) is 27.2. The maximum Gasteiger partial charge on any atom is 0.405 e. The van der Waals surface area contributed by atoms with Gasteiger partial charge >= 0.3 is 24.7 Å². The Kier molecular flexibility index (Phi) is 29.0. The number of H-pyrrole nitrogens is 1. The molecule has 8 aromatic heterocycles. The van der Waals surface area contributed by atoms with Crippen LogP contribution in [0.15, 0.2) is 121 Å². The number of nitrogens with zero attached hydrogens (tertiary/aromatic N) is 12. The SMILES string of the molecule is CC(=O)Nc1nc2ccc(-c3nccc(NC(C)(C)C(=O)NCC(F)(F)F)n3)cc2s1.COc1ccc(-c2ncc(F)c(N[C@@H](C(=O)NCC(F)(F)F)C(C)C)n2)cn1.COc1ccc(-c2nccc(NC(C)(C)C(=O)NCC(F)(F)F)n2)cn1.O=C(NCC(F)(F)F)[C@H]1CCCN1c1ccnc(-c2ccc(=O)[nH]c2)n1.[HH].[HH].[HH].[HH].[HH]. The van der Waals surface area contributed by atoms with E-state index in [2.05, 4.69) is 81.1 Å². The molecule has 29 nitrogen and oxygen atoms in total. The highest BCUT2D eigenvalue weighted by atomic mass is 32.1. The lowest BCUT2D eigenvalue weighted by molar-refractivity contribution is -0.140. The zero-order chi connectivity index (χ0) is 81.8. The number of aromatic amines is 1. The number of anilines is 5. The molecule has 2 atom stereocenters. The van der Waals surface area contributed by atoms with Crippen molar-refractivity contribution in [1.29, 1.82) is 0 Å². The second-order valence-electron chi connectivity index (χ2n) is 25.1. The van der Waals surface area contributed by atoms with Gasteiger partial charge in [0.05, 0.1) is 30.6 Å². The number of alkyl halides is 12. The van der Waals surface area contributed by atoms with Gasteiger partial charge in [0.2, 0.25) is 46.9 Å². The zero-order valence-corrected chi connectivity index (χ0v) is 60.9. The molecule has 111 heavy (non-hydrogen) atoms. The molecule has 5 amide bonds. The number of thiazole rings is 1. The van der Waals surface area contributed by atoms with Gasteiger partial charge < -0.3 is 61.9 Å². The van der Waals surface area contributed by atoms with E-state index in [1.165, 1.54) is 116 Å². The molecule has 43 heteroatoms. The van der Waals surface area contributed by atoms with E-state index in [1.807, 2.05) is 22.0 Å². The number of carbonyl (C=O) groups excluding carboxylic acids is 5. The maximum absolute atomic E-state index is 14.1. The van der Waals surface area contributed by atoms with Crippen LogP contribution in [0.2, 0.25) is 0 Å². The summed E-state index contributed by atoms with van der Waals surface area (Å²) in [6.45, 7) is 5.28. The predicted molar refractivity (Wildman–Crippen MR) is 391 cm³/mol. The highest BCUT2D eigenvalue weighted by Crippen LogP contribution is 2.32. The van der Waals surface area contributed by atoms with Crippen molar-refractivity contribution in [3.8, 4) is 57.3 Å². The Hall–Kier alpha value is -12.1. The average molecular weight is 1600 g/mol. The monoisotopic (exact) mass is 1600 g/mol. The molecule has 604 valence electrons. The first-order valence-electron chi connectivity index (χ1n) is 32.9. The first-order valence-corrected chi connectivity index (χ1v) is 33.7. The van der Waals surface area contributed by atoms with Gasteiger partial charge in [0.25, 0.3) is 0 Å². The number of benzene rings is 1. The van der Waals surface area contributed by atoms with E-state index in [-0.39, 0.29) is 41.9 Å². The quantitative estimate of drug-likeness (QED) is 0.0269. The van der Waals surface area contributed by atoms with Crippen LogP contribution in [0.5, 0.6) is 11.8 Å². The number of pyridine rings is 3. The van der Waals surface area contributed by atoms with Crippen LogP contribution in [0.25, 0.3) is 55.8 Å². The molecule has 9 heterocycles. The molecule has 0 bridgehead atoms. The van der Waals surface area contributed by atoms with Gasteiger partial charge in [0, 0.05) is 98.2 Å².